The molecule has 0 aromatic heterocycles. The molecule has 0 saturated carbocycles. The standard InChI is InChI=1S/C11H12BrNO3/c1-7(14)13-10(11(15)16-2)8-3-5-9(12)6-4-8/h3-6,10H,1-2H3,(H,13,14). The number of nitrogens with one attached hydrogen (secondary N) is 1. The topological polar surface area (TPSA) is 55.4 Å². The first-order valence-electron chi connectivity index (χ1n) is 4.65. The lowest BCUT2D eigenvalue weighted by atomic mass is 10.1. The number of methoxy groups -OCH3 is 1. The first kappa shape index (κ1) is 12.7. The van der Waals surface area contributed by atoms with Gasteiger partial charge in [-0.15, -0.1) is 0 Å². The molecule has 1 aromatic carbocycles. The van der Waals surface area contributed by atoms with Crippen molar-refractivity contribution >= 4 is 27.8 Å². The fraction of sp³-hybridized carbons (Fsp3) is 0.273. The van der Waals surface area contributed by atoms with Crippen molar-refractivity contribution in [3.8, 4) is 0 Å². The quantitative estimate of drug-likeness (QED) is 0.862. The fourth-order valence-corrected chi connectivity index (χ4v) is 1.52. The summed E-state index contributed by atoms with van der Waals surface area (Å²) >= 11 is 3.30. The average Bonchev–Trinajstić information content (AvgIpc) is 2.26. The summed E-state index contributed by atoms with van der Waals surface area (Å²) in [6.45, 7) is 1.36. The van der Waals surface area contributed by atoms with Crippen LogP contribution in [0.2, 0.25) is 0 Å². The maximum atomic E-state index is 11.5. The molecular weight excluding hydrogens is 274 g/mol. The lowest BCUT2D eigenvalue weighted by molar-refractivity contribution is -0.145. The molecule has 1 amide bonds. The predicted octanol–water partition coefficient (Wildman–Crippen LogP) is 1.80. The van der Waals surface area contributed by atoms with Crippen molar-refractivity contribution in [1.82, 2.24) is 5.32 Å². The van der Waals surface area contributed by atoms with Gasteiger partial charge in [-0.2, -0.15) is 0 Å². The van der Waals surface area contributed by atoms with Gasteiger partial charge in [-0.25, -0.2) is 4.79 Å². The number of rotatable bonds is 3. The first-order chi connectivity index (χ1) is 7.54. The van der Waals surface area contributed by atoms with E-state index in [0.717, 1.165) is 4.47 Å². The smallest absolute Gasteiger partial charge is 0.333 e. The monoisotopic (exact) mass is 285 g/mol. The summed E-state index contributed by atoms with van der Waals surface area (Å²) in [5.74, 6) is -0.768. The van der Waals surface area contributed by atoms with Crippen LogP contribution in [0.1, 0.15) is 18.5 Å². The van der Waals surface area contributed by atoms with E-state index in [4.69, 9.17) is 0 Å². The van der Waals surface area contributed by atoms with Crippen LogP contribution < -0.4 is 5.32 Å². The van der Waals surface area contributed by atoms with Crippen molar-refractivity contribution in [2.45, 2.75) is 13.0 Å². The van der Waals surface area contributed by atoms with E-state index in [1.165, 1.54) is 14.0 Å². The van der Waals surface area contributed by atoms with Crippen molar-refractivity contribution in [2.75, 3.05) is 7.11 Å². The second-order valence-electron chi connectivity index (χ2n) is 3.21. The molecular formula is C11H12BrNO3. The number of benzene rings is 1. The second kappa shape index (κ2) is 5.65. The van der Waals surface area contributed by atoms with Crippen molar-refractivity contribution < 1.29 is 14.3 Å². The Balaban J connectivity index is 2.96. The van der Waals surface area contributed by atoms with E-state index in [9.17, 15) is 9.59 Å². The SMILES string of the molecule is COC(=O)C(NC(C)=O)c1ccc(Br)cc1. The lowest BCUT2D eigenvalue weighted by Gasteiger charge is -2.15. The Kier molecular flexibility index (Phi) is 4.49. The van der Waals surface area contributed by atoms with Crippen molar-refractivity contribution in [2.24, 2.45) is 0 Å². The summed E-state index contributed by atoms with van der Waals surface area (Å²) in [6.07, 6.45) is 0. The van der Waals surface area contributed by atoms with Crippen LogP contribution in [0.15, 0.2) is 28.7 Å². The molecule has 0 bridgehead atoms. The Morgan fingerprint density at radius 2 is 1.88 bits per heavy atom. The van der Waals surface area contributed by atoms with Crippen molar-refractivity contribution in [3.63, 3.8) is 0 Å². The van der Waals surface area contributed by atoms with Gasteiger partial charge >= 0.3 is 5.97 Å². The van der Waals surface area contributed by atoms with Gasteiger partial charge < -0.3 is 10.1 Å². The second-order valence-corrected chi connectivity index (χ2v) is 4.12. The van der Waals surface area contributed by atoms with Crippen LogP contribution in [-0.4, -0.2) is 19.0 Å². The average molecular weight is 286 g/mol. The van der Waals surface area contributed by atoms with E-state index in [1.807, 2.05) is 0 Å². The highest BCUT2D eigenvalue weighted by atomic mass is 79.9. The number of carbonyl (C=O) groups excluding carboxylic acids is 2. The first-order valence-corrected chi connectivity index (χ1v) is 5.44. The van der Waals surface area contributed by atoms with Crippen LogP contribution in [-0.2, 0) is 14.3 Å². The Morgan fingerprint density at radius 3 is 2.31 bits per heavy atom. The maximum Gasteiger partial charge on any atom is 0.333 e. The summed E-state index contributed by atoms with van der Waals surface area (Å²) in [7, 11) is 1.29. The molecule has 1 N–H and O–H groups in total. The Labute approximate surface area is 102 Å². The molecule has 1 unspecified atom stereocenters. The summed E-state index contributed by atoms with van der Waals surface area (Å²) in [4.78, 5) is 22.5. The van der Waals surface area contributed by atoms with Gasteiger partial charge in [-0.1, -0.05) is 28.1 Å². The maximum absolute atomic E-state index is 11.5. The number of ether oxygens (including phenoxy) is 1. The molecule has 0 spiro atoms. The molecule has 0 saturated heterocycles. The van der Waals surface area contributed by atoms with Crippen LogP contribution in [0.4, 0.5) is 0 Å². The lowest BCUT2D eigenvalue weighted by Crippen LogP contribution is -2.32. The number of halogens is 1. The van der Waals surface area contributed by atoms with Gasteiger partial charge in [-0.3, -0.25) is 4.79 Å². The normalized spacial score (nSPS) is 11.7. The summed E-state index contributed by atoms with van der Waals surface area (Å²) in [5, 5.41) is 2.54. The highest BCUT2D eigenvalue weighted by molar-refractivity contribution is 9.10. The third-order valence-corrected chi connectivity index (χ3v) is 2.52. The predicted molar refractivity (Wildman–Crippen MR) is 62.7 cm³/mol. The number of carbonyl (C=O) groups is 2. The summed E-state index contributed by atoms with van der Waals surface area (Å²) < 4.78 is 5.54. The van der Waals surface area contributed by atoms with Crippen LogP contribution >= 0.6 is 15.9 Å². The molecule has 0 aliphatic carbocycles. The minimum Gasteiger partial charge on any atom is -0.467 e. The van der Waals surface area contributed by atoms with Gasteiger partial charge in [0.15, 0.2) is 6.04 Å². The van der Waals surface area contributed by atoms with Crippen LogP contribution in [0.3, 0.4) is 0 Å². The molecule has 0 heterocycles. The minimum absolute atomic E-state index is 0.279. The van der Waals surface area contributed by atoms with E-state index < -0.39 is 12.0 Å². The highest BCUT2D eigenvalue weighted by Gasteiger charge is 2.21. The van der Waals surface area contributed by atoms with Crippen LogP contribution in [0.5, 0.6) is 0 Å². The molecule has 0 radical (unpaired) electrons. The molecule has 0 aliphatic rings. The fourth-order valence-electron chi connectivity index (χ4n) is 1.25. The summed E-state index contributed by atoms with van der Waals surface area (Å²) in [5.41, 5.74) is 0.685. The van der Waals surface area contributed by atoms with Gasteiger partial charge in [0, 0.05) is 11.4 Å². The minimum atomic E-state index is -0.754. The van der Waals surface area contributed by atoms with E-state index in [0.29, 0.717) is 5.56 Å². The van der Waals surface area contributed by atoms with Gasteiger partial charge in [0.1, 0.15) is 0 Å². The molecule has 1 aromatic rings. The molecule has 4 nitrogen and oxygen atoms in total. The Morgan fingerprint density at radius 1 is 1.31 bits per heavy atom. The number of esters is 1. The zero-order chi connectivity index (χ0) is 12.1. The van der Waals surface area contributed by atoms with Crippen LogP contribution in [0, 0.1) is 0 Å². The number of hydrogen-bond donors (Lipinski definition) is 1. The molecule has 1 rings (SSSR count). The zero-order valence-electron chi connectivity index (χ0n) is 8.99. The molecule has 16 heavy (non-hydrogen) atoms. The Bertz CT molecular complexity index is 389. The van der Waals surface area contributed by atoms with Crippen molar-refractivity contribution in [3.05, 3.63) is 34.3 Å². The molecule has 5 heteroatoms. The van der Waals surface area contributed by atoms with Gasteiger partial charge in [0.2, 0.25) is 5.91 Å². The van der Waals surface area contributed by atoms with Crippen molar-refractivity contribution in [1.29, 1.82) is 0 Å². The zero-order valence-corrected chi connectivity index (χ0v) is 10.6. The third kappa shape index (κ3) is 3.34. The van der Waals surface area contributed by atoms with Crippen LogP contribution in [0.25, 0.3) is 0 Å². The van der Waals surface area contributed by atoms with Gasteiger partial charge in [0.25, 0.3) is 0 Å². The van der Waals surface area contributed by atoms with E-state index in [1.54, 1.807) is 24.3 Å². The largest absolute Gasteiger partial charge is 0.467 e. The number of hydrogen-bond acceptors (Lipinski definition) is 3. The van der Waals surface area contributed by atoms with E-state index in [2.05, 4.69) is 26.0 Å². The number of amides is 1. The summed E-state index contributed by atoms with van der Waals surface area (Å²) in [6, 6.07) is 6.35. The van der Waals surface area contributed by atoms with E-state index in [-0.39, 0.29) is 5.91 Å². The third-order valence-electron chi connectivity index (χ3n) is 1.99. The molecule has 86 valence electrons. The molecule has 1 atom stereocenters. The van der Waals surface area contributed by atoms with E-state index >= 15 is 0 Å². The molecule has 0 aliphatic heterocycles. The highest BCUT2D eigenvalue weighted by Crippen LogP contribution is 2.18. The van der Waals surface area contributed by atoms with Gasteiger partial charge in [-0.05, 0) is 17.7 Å². The van der Waals surface area contributed by atoms with Gasteiger partial charge in [0.05, 0.1) is 7.11 Å². The molecule has 0 fully saturated rings. The Hall–Kier alpha value is -1.36.